The topological polar surface area (TPSA) is 78.9 Å². The van der Waals surface area contributed by atoms with E-state index >= 15 is 0 Å². The second kappa shape index (κ2) is 53.2. The molecule has 0 heterocycles. The van der Waals surface area contributed by atoms with Crippen molar-refractivity contribution in [1.29, 1.82) is 0 Å². The highest BCUT2D eigenvalue weighted by molar-refractivity contribution is 5.71. The summed E-state index contributed by atoms with van der Waals surface area (Å²) in [6.07, 6.45) is 56.7. The molecule has 0 aliphatic heterocycles. The molecule has 0 amide bonds. The van der Waals surface area contributed by atoms with E-state index in [9.17, 15) is 14.4 Å². The molecule has 0 aliphatic rings. The standard InChI is InChI=1S/C62H120O6/c1-56(2)48-42-36-30-24-18-13-9-7-11-15-21-27-33-39-45-51-60(63)66-54-59(55-67-61(64)52-46-40-34-28-23-17-20-26-32-38-44-50-58(5)6)68-62(65)53-47-41-35-29-22-16-12-8-10-14-19-25-31-37-43-49-57(3)4/h56-59H,7-55H2,1-6H3/t59-/m1/s1. The van der Waals surface area contributed by atoms with E-state index in [2.05, 4.69) is 41.5 Å². The number of carbonyl (C=O) groups excluding carboxylic acids is 3. The van der Waals surface area contributed by atoms with Gasteiger partial charge in [0.15, 0.2) is 6.10 Å². The van der Waals surface area contributed by atoms with E-state index < -0.39 is 6.10 Å². The van der Waals surface area contributed by atoms with Gasteiger partial charge in [0.2, 0.25) is 0 Å². The number of carbonyl (C=O) groups is 3. The molecule has 0 radical (unpaired) electrons. The predicted octanol–water partition coefficient (Wildman–Crippen LogP) is 20.3. The number of unbranched alkanes of at least 4 members (excludes halogenated alkanes) is 38. The summed E-state index contributed by atoms with van der Waals surface area (Å²) in [6, 6.07) is 0. The van der Waals surface area contributed by atoms with Crippen LogP contribution in [0.5, 0.6) is 0 Å². The lowest BCUT2D eigenvalue weighted by atomic mass is 10.0. The fourth-order valence-corrected chi connectivity index (χ4v) is 9.53. The minimum Gasteiger partial charge on any atom is -0.462 e. The van der Waals surface area contributed by atoms with Crippen molar-refractivity contribution in [2.24, 2.45) is 17.8 Å². The summed E-state index contributed by atoms with van der Waals surface area (Å²) in [5.41, 5.74) is 0. The molecule has 1 atom stereocenters. The quantitative estimate of drug-likeness (QED) is 0.0343. The molecule has 0 aromatic heterocycles. The average Bonchev–Trinajstić information content (AvgIpc) is 3.30. The average molecular weight is 962 g/mol. The number of ether oxygens (including phenoxy) is 3. The van der Waals surface area contributed by atoms with Crippen molar-refractivity contribution >= 4 is 17.9 Å². The highest BCUT2D eigenvalue weighted by Crippen LogP contribution is 2.19. The van der Waals surface area contributed by atoms with E-state index in [-0.39, 0.29) is 31.1 Å². The van der Waals surface area contributed by atoms with Gasteiger partial charge in [-0.05, 0) is 37.0 Å². The molecule has 0 aromatic carbocycles. The molecular formula is C62H120O6. The molecule has 0 saturated carbocycles. The summed E-state index contributed by atoms with van der Waals surface area (Å²) in [5.74, 6) is 1.68. The summed E-state index contributed by atoms with van der Waals surface area (Å²) in [6.45, 7) is 13.8. The van der Waals surface area contributed by atoms with Crippen LogP contribution in [-0.2, 0) is 28.6 Å². The van der Waals surface area contributed by atoms with Gasteiger partial charge in [0.05, 0.1) is 0 Å². The lowest BCUT2D eigenvalue weighted by Crippen LogP contribution is -2.30. The molecular weight excluding hydrogens is 841 g/mol. The van der Waals surface area contributed by atoms with Gasteiger partial charge < -0.3 is 14.2 Å². The highest BCUT2D eigenvalue weighted by Gasteiger charge is 2.19. The normalized spacial score (nSPS) is 12.1. The van der Waals surface area contributed by atoms with Crippen LogP contribution in [0, 0.1) is 17.8 Å². The first-order valence-corrected chi connectivity index (χ1v) is 30.6. The van der Waals surface area contributed by atoms with E-state index in [1.54, 1.807) is 0 Å². The minimum atomic E-state index is -0.764. The summed E-state index contributed by atoms with van der Waals surface area (Å²) >= 11 is 0. The van der Waals surface area contributed by atoms with Gasteiger partial charge in [0.1, 0.15) is 13.2 Å². The fraction of sp³-hybridized carbons (Fsp3) is 0.952. The van der Waals surface area contributed by atoms with Gasteiger partial charge >= 0.3 is 17.9 Å². The van der Waals surface area contributed by atoms with Crippen molar-refractivity contribution in [3.8, 4) is 0 Å². The van der Waals surface area contributed by atoms with Crippen LogP contribution >= 0.6 is 0 Å². The Morgan fingerprint density at radius 2 is 0.426 bits per heavy atom. The van der Waals surface area contributed by atoms with E-state index in [1.165, 1.54) is 225 Å². The van der Waals surface area contributed by atoms with E-state index in [1.807, 2.05) is 0 Å². The Labute approximate surface area is 425 Å². The number of esters is 3. The van der Waals surface area contributed by atoms with Crippen LogP contribution in [-0.4, -0.2) is 37.2 Å². The molecule has 0 bridgehead atoms. The van der Waals surface area contributed by atoms with Crippen molar-refractivity contribution in [3.05, 3.63) is 0 Å². The number of rotatable bonds is 55. The van der Waals surface area contributed by atoms with Gasteiger partial charge in [0, 0.05) is 19.3 Å². The minimum absolute atomic E-state index is 0.0630. The molecule has 0 fully saturated rings. The van der Waals surface area contributed by atoms with Crippen LogP contribution in [0.2, 0.25) is 0 Å². The molecule has 0 N–H and O–H groups in total. The first-order valence-electron chi connectivity index (χ1n) is 30.6. The van der Waals surface area contributed by atoms with Crippen LogP contribution in [0.3, 0.4) is 0 Å². The molecule has 0 aromatic rings. The SMILES string of the molecule is CC(C)CCCCCCCCCCCCCCCCCC(=O)OC[C@H](COC(=O)CCCCCCCCCCCCCC(C)C)OC(=O)CCCCCCCCCCCCCCCCCC(C)C. The molecule has 0 spiro atoms. The molecule has 6 nitrogen and oxygen atoms in total. The Kier molecular flexibility index (Phi) is 52.0. The summed E-state index contributed by atoms with van der Waals surface area (Å²) < 4.78 is 16.9. The first-order chi connectivity index (χ1) is 33.1. The zero-order valence-corrected chi connectivity index (χ0v) is 46.9. The van der Waals surface area contributed by atoms with E-state index in [4.69, 9.17) is 14.2 Å². The van der Waals surface area contributed by atoms with Gasteiger partial charge in [0.25, 0.3) is 0 Å². The smallest absolute Gasteiger partial charge is 0.306 e. The van der Waals surface area contributed by atoms with E-state index in [0.29, 0.717) is 19.3 Å². The number of hydrogen-bond acceptors (Lipinski definition) is 6. The van der Waals surface area contributed by atoms with Crippen molar-refractivity contribution in [2.45, 2.75) is 349 Å². The van der Waals surface area contributed by atoms with Crippen LogP contribution in [0.1, 0.15) is 343 Å². The van der Waals surface area contributed by atoms with Crippen molar-refractivity contribution in [3.63, 3.8) is 0 Å². The van der Waals surface area contributed by atoms with Gasteiger partial charge in [-0.3, -0.25) is 14.4 Å². The predicted molar refractivity (Wildman–Crippen MR) is 293 cm³/mol. The maximum Gasteiger partial charge on any atom is 0.306 e. The first kappa shape index (κ1) is 66.4. The third kappa shape index (κ3) is 55.3. The van der Waals surface area contributed by atoms with Crippen LogP contribution in [0.25, 0.3) is 0 Å². The van der Waals surface area contributed by atoms with Crippen LogP contribution < -0.4 is 0 Å². The molecule has 68 heavy (non-hydrogen) atoms. The molecule has 404 valence electrons. The summed E-state index contributed by atoms with van der Waals surface area (Å²) in [7, 11) is 0. The summed E-state index contributed by atoms with van der Waals surface area (Å²) in [4.78, 5) is 38.2. The lowest BCUT2D eigenvalue weighted by molar-refractivity contribution is -0.167. The highest BCUT2D eigenvalue weighted by atomic mass is 16.6. The fourth-order valence-electron chi connectivity index (χ4n) is 9.53. The van der Waals surface area contributed by atoms with Crippen molar-refractivity contribution in [2.75, 3.05) is 13.2 Å². The molecule has 6 heteroatoms. The second-order valence-corrected chi connectivity index (χ2v) is 22.8. The third-order valence-corrected chi connectivity index (χ3v) is 14.1. The van der Waals surface area contributed by atoms with Gasteiger partial charge in [-0.25, -0.2) is 0 Å². The van der Waals surface area contributed by atoms with Crippen molar-refractivity contribution in [1.82, 2.24) is 0 Å². The van der Waals surface area contributed by atoms with Crippen LogP contribution in [0.15, 0.2) is 0 Å². The zero-order valence-electron chi connectivity index (χ0n) is 46.9. The third-order valence-electron chi connectivity index (χ3n) is 14.1. The Hall–Kier alpha value is -1.59. The molecule has 0 aliphatic carbocycles. The monoisotopic (exact) mass is 961 g/mol. The maximum atomic E-state index is 12.9. The molecule has 0 unspecified atom stereocenters. The number of hydrogen-bond donors (Lipinski definition) is 0. The Balaban J connectivity index is 4.29. The maximum absolute atomic E-state index is 12.9. The Morgan fingerprint density at radius 3 is 0.632 bits per heavy atom. The lowest BCUT2D eigenvalue weighted by Gasteiger charge is -2.18. The largest absolute Gasteiger partial charge is 0.462 e. The van der Waals surface area contributed by atoms with Gasteiger partial charge in [-0.15, -0.1) is 0 Å². The molecule has 0 saturated heterocycles. The van der Waals surface area contributed by atoms with Crippen molar-refractivity contribution < 1.29 is 28.6 Å². The Morgan fingerprint density at radius 1 is 0.250 bits per heavy atom. The summed E-state index contributed by atoms with van der Waals surface area (Å²) in [5, 5.41) is 0. The molecule has 0 rings (SSSR count). The zero-order chi connectivity index (χ0) is 49.8. The van der Waals surface area contributed by atoms with Gasteiger partial charge in [-0.2, -0.15) is 0 Å². The van der Waals surface area contributed by atoms with Crippen LogP contribution in [0.4, 0.5) is 0 Å². The van der Waals surface area contributed by atoms with Gasteiger partial charge in [-0.1, -0.05) is 305 Å². The Bertz CT molecular complexity index is 1050. The van der Waals surface area contributed by atoms with E-state index in [0.717, 1.165) is 75.5 Å². The second-order valence-electron chi connectivity index (χ2n) is 22.8.